The lowest BCUT2D eigenvalue weighted by Gasteiger charge is -2.11. The zero-order valence-corrected chi connectivity index (χ0v) is 30.2. The summed E-state index contributed by atoms with van der Waals surface area (Å²) < 4.78 is 2.42. The predicted molar refractivity (Wildman–Crippen MR) is 224 cm³/mol. The molecule has 0 saturated heterocycles. The molecule has 0 aliphatic heterocycles. The second-order valence-corrected chi connectivity index (χ2v) is 13.6. The van der Waals surface area contributed by atoms with Gasteiger partial charge in [0.2, 0.25) is 0 Å². The summed E-state index contributed by atoms with van der Waals surface area (Å²) >= 11 is 0. The van der Waals surface area contributed by atoms with Crippen LogP contribution in [0.4, 0.5) is 0 Å². The minimum atomic E-state index is 0.633. The van der Waals surface area contributed by atoms with Crippen LogP contribution in [0.1, 0.15) is 5.56 Å². The summed E-state index contributed by atoms with van der Waals surface area (Å²) in [5.41, 5.74) is 11.6. The van der Waals surface area contributed by atoms with Gasteiger partial charge in [-0.3, -0.25) is 0 Å². The zero-order valence-electron chi connectivity index (χ0n) is 30.2. The molecule has 0 saturated carbocycles. The van der Waals surface area contributed by atoms with Crippen LogP contribution >= 0.6 is 0 Å². The van der Waals surface area contributed by atoms with Gasteiger partial charge in [-0.25, -0.2) is 29.9 Å². The first-order valence-corrected chi connectivity index (χ1v) is 18.6. The van der Waals surface area contributed by atoms with E-state index in [1.165, 1.54) is 5.56 Å². The SMILES string of the molecule is c1ccc(Cn2c3ccc(-c4ccccc4-c4ncnc(-c5ccccc5)n4)cc3c3cc(-c4ccccc4-c4ncnc(-c5ccccc5)n4)ccc32)cc1. The van der Waals surface area contributed by atoms with Gasteiger partial charge in [-0.2, -0.15) is 0 Å². The van der Waals surface area contributed by atoms with Crippen LogP contribution in [-0.2, 0) is 6.54 Å². The Bertz CT molecular complexity index is 2810. The van der Waals surface area contributed by atoms with Gasteiger partial charge >= 0.3 is 0 Å². The van der Waals surface area contributed by atoms with E-state index in [1.807, 2.05) is 72.8 Å². The minimum Gasteiger partial charge on any atom is -0.336 e. The molecule has 3 aromatic heterocycles. The van der Waals surface area contributed by atoms with Crippen molar-refractivity contribution in [1.29, 1.82) is 0 Å². The third-order valence-electron chi connectivity index (χ3n) is 10.2. The number of nitrogens with zero attached hydrogens (tertiary/aromatic N) is 7. The molecule has 3 heterocycles. The van der Waals surface area contributed by atoms with Gasteiger partial charge in [0, 0.05) is 50.6 Å². The number of benzene rings is 7. The van der Waals surface area contributed by atoms with Crippen molar-refractivity contribution in [3.8, 4) is 67.8 Å². The van der Waals surface area contributed by atoms with Crippen molar-refractivity contribution in [2.75, 3.05) is 0 Å². The van der Waals surface area contributed by atoms with Gasteiger partial charge in [0.05, 0.1) is 0 Å². The lowest BCUT2D eigenvalue weighted by atomic mass is 9.95. The standard InChI is InChI=1S/C49H33N7/c1-4-14-33(15-5-1)30-56-44-26-24-36(38-20-10-12-22-40(38)48-52-31-50-46(54-48)34-16-6-2-7-17-34)28-42(44)43-29-37(25-27-45(43)56)39-21-11-13-23-41(39)49-53-32-51-47(55-49)35-18-8-3-9-19-35/h1-29,31-32H,30H2. The van der Waals surface area contributed by atoms with E-state index < -0.39 is 0 Å². The largest absolute Gasteiger partial charge is 0.336 e. The first-order chi connectivity index (χ1) is 27.8. The first-order valence-electron chi connectivity index (χ1n) is 18.6. The topological polar surface area (TPSA) is 82.3 Å². The van der Waals surface area contributed by atoms with Crippen LogP contribution in [0.5, 0.6) is 0 Å². The lowest BCUT2D eigenvalue weighted by molar-refractivity contribution is 0.869. The Kier molecular flexibility index (Phi) is 8.42. The number of hydrogen-bond acceptors (Lipinski definition) is 6. The molecule has 0 radical (unpaired) electrons. The second-order valence-electron chi connectivity index (χ2n) is 13.6. The van der Waals surface area contributed by atoms with Crippen LogP contribution in [0, 0.1) is 0 Å². The average Bonchev–Trinajstić information content (AvgIpc) is 3.59. The molecule has 56 heavy (non-hydrogen) atoms. The van der Waals surface area contributed by atoms with Crippen LogP contribution < -0.4 is 0 Å². The molecule has 0 aliphatic rings. The van der Waals surface area contributed by atoms with Gasteiger partial charge in [0.15, 0.2) is 23.3 Å². The smallest absolute Gasteiger partial charge is 0.163 e. The Labute approximate surface area is 323 Å². The normalized spacial score (nSPS) is 11.3. The average molecular weight is 720 g/mol. The van der Waals surface area contributed by atoms with E-state index in [9.17, 15) is 0 Å². The third-order valence-corrected chi connectivity index (χ3v) is 10.2. The highest BCUT2D eigenvalue weighted by Gasteiger charge is 2.18. The molecule has 264 valence electrons. The van der Waals surface area contributed by atoms with Crippen LogP contribution in [0.2, 0.25) is 0 Å². The summed E-state index contributed by atoms with van der Waals surface area (Å²) in [5.74, 6) is 2.56. The Morgan fingerprint density at radius 2 is 0.732 bits per heavy atom. The second kappa shape index (κ2) is 14.3. The molecule has 0 unspecified atom stereocenters. The quantitative estimate of drug-likeness (QED) is 0.155. The Hall–Kier alpha value is -7.64. The van der Waals surface area contributed by atoms with Crippen molar-refractivity contribution >= 4 is 21.8 Å². The fourth-order valence-corrected chi connectivity index (χ4v) is 7.54. The molecule has 7 nitrogen and oxygen atoms in total. The summed E-state index contributed by atoms with van der Waals surface area (Å²) in [7, 11) is 0. The number of hydrogen-bond donors (Lipinski definition) is 0. The molecule has 0 amide bonds. The van der Waals surface area contributed by atoms with Crippen molar-refractivity contribution in [2.24, 2.45) is 0 Å². The van der Waals surface area contributed by atoms with Crippen LogP contribution in [0.15, 0.2) is 189 Å². The summed E-state index contributed by atoms with van der Waals surface area (Å²) in [6.45, 7) is 0.743. The molecule has 10 aromatic rings. The maximum Gasteiger partial charge on any atom is 0.163 e. The van der Waals surface area contributed by atoms with Gasteiger partial charge in [-0.05, 0) is 52.1 Å². The van der Waals surface area contributed by atoms with Gasteiger partial charge in [0.25, 0.3) is 0 Å². The molecular formula is C49H33N7. The Morgan fingerprint density at radius 1 is 0.339 bits per heavy atom. The summed E-state index contributed by atoms with van der Waals surface area (Å²) in [5, 5.41) is 2.32. The lowest BCUT2D eigenvalue weighted by Crippen LogP contribution is -1.99. The predicted octanol–water partition coefficient (Wildman–Crippen LogP) is 11.2. The molecule has 0 aliphatic carbocycles. The van der Waals surface area contributed by atoms with Gasteiger partial charge < -0.3 is 4.57 Å². The van der Waals surface area contributed by atoms with E-state index in [4.69, 9.17) is 9.97 Å². The Balaban J connectivity index is 1.13. The third kappa shape index (κ3) is 6.17. The molecule has 0 spiro atoms. The monoisotopic (exact) mass is 719 g/mol. The molecule has 0 atom stereocenters. The van der Waals surface area contributed by atoms with E-state index in [-0.39, 0.29) is 0 Å². The highest BCUT2D eigenvalue weighted by molar-refractivity contribution is 6.11. The molecule has 7 heteroatoms. The number of rotatable bonds is 8. The summed E-state index contributed by atoms with van der Waals surface area (Å²) in [6, 6.07) is 60.9. The van der Waals surface area contributed by atoms with E-state index in [1.54, 1.807) is 12.7 Å². The van der Waals surface area contributed by atoms with Gasteiger partial charge in [-0.1, -0.05) is 152 Å². The maximum atomic E-state index is 4.92. The van der Waals surface area contributed by atoms with Crippen molar-refractivity contribution in [2.45, 2.75) is 6.54 Å². The molecule has 0 fully saturated rings. The first kappa shape index (κ1) is 33.0. The van der Waals surface area contributed by atoms with Crippen molar-refractivity contribution in [3.63, 3.8) is 0 Å². The highest BCUT2D eigenvalue weighted by Crippen LogP contribution is 2.39. The van der Waals surface area contributed by atoms with Gasteiger partial charge in [-0.15, -0.1) is 0 Å². The fraction of sp³-hybridized carbons (Fsp3) is 0.0204. The van der Waals surface area contributed by atoms with Crippen molar-refractivity contribution in [3.05, 3.63) is 194 Å². The molecule has 7 aromatic carbocycles. The molecule has 0 N–H and O–H groups in total. The molecular weight excluding hydrogens is 687 g/mol. The van der Waals surface area contributed by atoms with Crippen LogP contribution in [0.3, 0.4) is 0 Å². The van der Waals surface area contributed by atoms with Crippen molar-refractivity contribution < 1.29 is 0 Å². The van der Waals surface area contributed by atoms with Crippen LogP contribution in [0.25, 0.3) is 89.6 Å². The number of aromatic nitrogens is 7. The van der Waals surface area contributed by atoms with E-state index >= 15 is 0 Å². The zero-order chi connectivity index (χ0) is 37.3. The maximum absolute atomic E-state index is 4.92. The van der Waals surface area contributed by atoms with Crippen LogP contribution in [-0.4, -0.2) is 34.5 Å². The van der Waals surface area contributed by atoms with Gasteiger partial charge in [0.1, 0.15) is 12.7 Å². The summed E-state index contributed by atoms with van der Waals surface area (Å²) in [4.78, 5) is 28.1. The minimum absolute atomic E-state index is 0.633. The van der Waals surface area contributed by atoms with E-state index in [0.717, 1.165) is 72.9 Å². The highest BCUT2D eigenvalue weighted by atomic mass is 15.0. The summed E-state index contributed by atoms with van der Waals surface area (Å²) in [6.07, 6.45) is 3.20. The molecule has 0 bridgehead atoms. The Morgan fingerprint density at radius 3 is 1.20 bits per heavy atom. The van der Waals surface area contributed by atoms with Crippen molar-refractivity contribution in [1.82, 2.24) is 34.5 Å². The van der Waals surface area contributed by atoms with E-state index in [0.29, 0.717) is 23.3 Å². The van der Waals surface area contributed by atoms with E-state index in [2.05, 4.69) is 128 Å². The molecule has 10 rings (SSSR count). The fourth-order valence-electron chi connectivity index (χ4n) is 7.54. The number of fused-ring (bicyclic) bond motifs is 3.